The molecule has 0 spiro atoms. The van der Waals surface area contributed by atoms with Gasteiger partial charge in [0.25, 0.3) is 0 Å². The van der Waals surface area contributed by atoms with Gasteiger partial charge in [-0.25, -0.2) is 4.68 Å². The summed E-state index contributed by atoms with van der Waals surface area (Å²) in [7, 11) is 1.65. The largest absolute Gasteiger partial charge is 0.497 e. The van der Waals surface area contributed by atoms with E-state index >= 15 is 0 Å². The molecule has 2 heterocycles. The number of thiophene rings is 1. The average molecular weight is 257 g/mol. The molecule has 90 valence electrons. The first kappa shape index (κ1) is 11.0. The Morgan fingerprint density at radius 3 is 2.67 bits per heavy atom. The second-order valence-electron chi connectivity index (χ2n) is 3.76. The zero-order valence-corrected chi connectivity index (χ0v) is 10.6. The van der Waals surface area contributed by atoms with E-state index in [0.29, 0.717) is 0 Å². The van der Waals surface area contributed by atoms with E-state index in [2.05, 4.69) is 10.3 Å². The third-order valence-corrected chi connectivity index (χ3v) is 3.32. The topological polar surface area (TPSA) is 39.9 Å². The molecular weight excluding hydrogens is 246 g/mol. The lowest BCUT2D eigenvalue weighted by atomic mass is 10.2. The molecular formula is C13H11N3OS. The van der Waals surface area contributed by atoms with Crippen molar-refractivity contribution >= 4 is 11.3 Å². The van der Waals surface area contributed by atoms with Gasteiger partial charge in [-0.15, -0.1) is 5.10 Å². The molecule has 0 unspecified atom stereocenters. The fourth-order valence-corrected chi connectivity index (χ4v) is 2.29. The van der Waals surface area contributed by atoms with Crippen LogP contribution in [0.4, 0.5) is 0 Å². The van der Waals surface area contributed by atoms with Gasteiger partial charge < -0.3 is 4.74 Å². The molecule has 5 heteroatoms. The molecule has 3 rings (SSSR count). The van der Waals surface area contributed by atoms with E-state index in [1.54, 1.807) is 23.1 Å². The number of ether oxygens (including phenoxy) is 1. The molecule has 0 fully saturated rings. The molecule has 0 saturated heterocycles. The summed E-state index contributed by atoms with van der Waals surface area (Å²) < 4.78 is 6.90. The summed E-state index contributed by atoms with van der Waals surface area (Å²) in [6.07, 6.45) is 1.92. The van der Waals surface area contributed by atoms with Crippen LogP contribution in [-0.4, -0.2) is 22.1 Å². The number of hydrogen-bond acceptors (Lipinski definition) is 4. The number of methoxy groups -OCH3 is 1. The van der Waals surface area contributed by atoms with Crippen molar-refractivity contribution in [3.8, 4) is 22.7 Å². The maximum atomic E-state index is 5.13. The Kier molecular flexibility index (Phi) is 2.82. The van der Waals surface area contributed by atoms with Gasteiger partial charge >= 0.3 is 0 Å². The van der Waals surface area contributed by atoms with Gasteiger partial charge in [-0.05, 0) is 35.7 Å². The Morgan fingerprint density at radius 1 is 1.17 bits per heavy atom. The highest BCUT2D eigenvalue weighted by Crippen LogP contribution is 2.21. The maximum absolute atomic E-state index is 5.13. The molecule has 2 aromatic heterocycles. The van der Waals surface area contributed by atoms with Crippen LogP contribution in [0.25, 0.3) is 16.9 Å². The van der Waals surface area contributed by atoms with Gasteiger partial charge in [0.2, 0.25) is 0 Å². The predicted octanol–water partition coefficient (Wildman–Crippen LogP) is 3.00. The van der Waals surface area contributed by atoms with Crippen molar-refractivity contribution in [2.24, 2.45) is 0 Å². The molecule has 0 aliphatic heterocycles. The molecule has 0 N–H and O–H groups in total. The summed E-state index contributed by atoms with van der Waals surface area (Å²) in [6.45, 7) is 0. The fraction of sp³-hybridized carbons (Fsp3) is 0.0769. The van der Waals surface area contributed by atoms with E-state index in [4.69, 9.17) is 4.74 Å². The van der Waals surface area contributed by atoms with E-state index in [1.807, 2.05) is 47.3 Å². The van der Waals surface area contributed by atoms with Gasteiger partial charge in [-0.2, -0.15) is 11.3 Å². The van der Waals surface area contributed by atoms with Crippen LogP contribution in [0, 0.1) is 0 Å². The van der Waals surface area contributed by atoms with Crippen LogP contribution < -0.4 is 4.74 Å². The predicted molar refractivity (Wildman–Crippen MR) is 71.2 cm³/mol. The first-order chi connectivity index (χ1) is 8.86. The van der Waals surface area contributed by atoms with E-state index in [1.165, 1.54) is 0 Å². The SMILES string of the molecule is COc1ccc(-c2cn(-c3ccsc3)nn2)cc1. The van der Waals surface area contributed by atoms with Crippen LogP contribution in [0.2, 0.25) is 0 Å². The van der Waals surface area contributed by atoms with Gasteiger partial charge in [0, 0.05) is 10.9 Å². The number of aromatic nitrogens is 3. The van der Waals surface area contributed by atoms with E-state index < -0.39 is 0 Å². The lowest BCUT2D eigenvalue weighted by Gasteiger charge is -1.99. The third-order valence-electron chi connectivity index (χ3n) is 2.65. The van der Waals surface area contributed by atoms with Crippen LogP contribution in [0.1, 0.15) is 0 Å². The summed E-state index contributed by atoms with van der Waals surface area (Å²) >= 11 is 1.64. The highest BCUT2D eigenvalue weighted by atomic mass is 32.1. The number of hydrogen-bond donors (Lipinski definition) is 0. The zero-order chi connectivity index (χ0) is 12.4. The Balaban J connectivity index is 1.92. The van der Waals surface area contributed by atoms with Gasteiger partial charge in [-0.1, -0.05) is 5.21 Å². The van der Waals surface area contributed by atoms with Crippen molar-refractivity contribution < 1.29 is 4.74 Å². The van der Waals surface area contributed by atoms with Crippen LogP contribution in [0.5, 0.6) is 5.75 Å². The highest BCUT2D eigenvalue weighted by Gasteiger charge is 2.05. The van der Waals surface area contributed by atoms with Crippen molar-refractivity contribution in [3.05, 3.63) is 47.3 Å². The summed E-state index contributed by atoms with van der Waals surface area (Å²) in [5, 5.41) is 12.3. The Hall–Kier alpha value is -2.14. The fourth-order valence-electron chi connectivity index (χ4n) is 1.67. The molecule has 0 aliphatic rings. The quantitative estimate of drug-likeness (QED) is 0.724. The zero-order valence-electron chi connectivity index (χ0n) is 9.78. The molecule has 1 aromatic carbocycles. The minimum atomic E-state index is 0.837. The molecule has 4 nitrogen and oxygen atoms in total. The number of rotatable bonds is 3. The monoisotopic (exact) mass is 257 g/mol. The maximum Gasteiger partial charge on any atom is 0.118 e. The van der Waals surface area contributed by atoms with Crippen molar-refractivity contribution in [2.75, 3.05) is 7.11 Å². The summed E-state index contributed by atoms with van der Waals surface area (Å²) in [4.78, 5) is 0. The molecule has 0 amide bonds. The minimum absolute atomic E-state index is 0.837. The van der Waals surface area contributed by atoms with E-state index in [-0.39, 0.29) is 0 Å². The highest BCUT2D eigenvalue weighted by molar-refractivity contribution is 7.08. The van der Waals surface area contributed by atoms with E-state index in [0.717, 1.165) is 22.7 Å². The van der Waals surface area contributed by atoms with Gasteiger partial charge in [-0.3, -0.25) is 0 Å². The molecule has 0 saturated carbocycles. The second kappa shape index (κ2) is 4.62. The number of benzene rings is 1. The van der Waals surface area contributed by atoms with Crippen molar-refractivity contribution in [2.45, 2.75) is 0 Å². The summed E-state index contributed by atoms with van der Waals surface area (Å²) in [5.74, 6) is 0.837. The smallest absolute Gasteiger partial charge is 0.118 e. The third kappa shape index (κ3) is 2.00. The Morgan fingerprint density at radius 2 is 2.00 bits per heavy atom. The molecule has 18 heavy (non-hydrogen) atoms. The second-order valence-corrected chi connectivity index (χ2v) is 4.54. The van der Waals surface area contributed by atoms with Crippen LogP contribution >= 0.6 is 11.3 Å². The van der Waals surface area contributed by atoms with Crippen LogP contribution in [-0.2, 0) is 0 Å². The van der Waals surface area contributed by atoms with E-state index in [9.17, 15) is 0 Å². The normalized spacial score (nSPS) is 10.5. The first-order valence-electron chi connectivity index (χ1n) is 5.46. The van der Waals surface area contributed by atoms with Crippen molar-refractivity contribution in [1.82, 2.24) is 15.0 Å². The van der Waals surface area contributed by atoms with Crippen molar-refractivity contribution in [1.29, 1.82) is 0 Å². The van der Waals surface area contributed by atoms with Crippen molar-refractivity contribution in [3.63, 3.8) is 0 Å². The van der Waals surface area contributed by atoms with Gasteiger partial charge in [0.1, 0.15) is 11.4 Å². The Labute approximate surface area is 108 Å². The lowest BCUT2D eigenvalue weighted by molar-refractivity contribution is 0.415. The number of nitrogens with zero attached hydrogens (tertiary/aromatic N) is 3. The molecule has 0 aliphatic carbocycles. The molecule has 0 atom stereocenters. The molecule has 3 aromatic rings. The first-order valence-corrected chi connectivity index (χ1v) is 6.40. The standard InChI is InChI=1S/C13H11N3OS/c1-17-12-4-2-10(3-5-12)13-8-16(15-14-13)11-6-7-18-9-11/h2-9H,1H3. The average Bonchev–Trinajstić information content (AvgIpc) is 3.09. The van der Waals surface area contributed by atoms with Crippen LogP contribution in [0.15, 0.2) is 47.3 Å². The Bertz CT molecular complexity index is 629. The van der Waals surface area contributed by atoms with Crippen LogP contribution in [0.3, 0.4) is 0 Å². The molecule has 0 radical (unpaired) electrons. The summed E-state index contributed by atoms with van der Waals surface area (Å²) in [6, 6.07) is 9.79. The van der Waals surface area contributed by atoms with Gasteiger partial charge in [0.05, 0.1) is 19.0 Å². The summed E-state index contributed by atoms with van der Waals surface area (Å²) in [5.41, 5.74) is 2.91. The lowest BCUT2D eigenvalue weighted by Crippen LogP contribution is -1.91. The van der Waals surface area contributed by atoms with Gasteiger partial charge in [0.15, 0.2) is 0 Å². The minimum Gasteiger partial charge on any atom is -0.497 e. The molecule has 0 bridgehead atoms.